The number of fused-ring (bicyclic) bond motifs is 1. The van der Waals surface area contributed by atoms with E-state index in [-0.39, 0.29) is 36.0 Å². The molecule has 2 atom stereocenters. The Balaban J connectivity index is 1.64. The first kappa shape index (κ1) is 22.1. The van der Waals surface area contributed by atoms with Gasteiger partial charge in [-0.1, -0.05) is 30.3 Å². The van der Waals surface area contributed by atoms with Crippen molar-refractivity contribution in [1.82, 2.24) is 9.47 Å². The van der Waals surface area contributed by atoms with Crippen molar-refractivity contribution < 1.29 is 18.7 Å². The Bertz CT molecular complexity index is 1120. The largest absolute Gasteiger partial charge is 0.466 e. The molecule has 5 nitrogen and oxygen atoms in total. The summed E-state index contributed by atoms with van der Waals surface area (Å²) in [4.78, 5) is 27.4. The fraction of sp³-hybridized carbons (Fsp3) is 0.385. The minimum absolute atomic E-state index is 0.0267. The summed E-state index contributed by atoms with van der Waals surface area (Å²) >= 11 is 0. The number of amides is 1. The second kappa shape index (κ2) is 9.55. The summed E-state index contributed by atoms with van der Waals surface area (Å²) in [6, 6.07) is 14.5. The first-order chi connectivity index (χ1) is 15.5. The van der Waals surface area contributed by atoms with Gasteiger partial charge in [0.15, 0.2) is 0 Å². The van der Waals surface area contributed by atoms with Crippen LogP contribution in [-0.2, 0) is 21.4 Å². The predicted molar refractivity (Wildman–Crippen MR) is 122 cm³/mol. The van der Waals surface area contributed by atoms with Gasteiger partial charge in [0.25, 0.3) is 0 Å². The maximum Gasteiger partial charge on any atom is 0.310 e. The summed E-state index contributed by atoms with van der Waals surface area (Å²) in [7, 11) is 1.98. The monoisotopic (exact) mass is 436 g/mol. The van der Waals surface area contributed by atoms with E-state index in [2.05, 4.69) is 0 Å². The van der Waals surface area contributed by atoms with Crippen molar-refractivity contribution in [3.8, 4) is 0 Å². The number of nitrogens with zero attached hydrogens (tertiary/aromatic N) is 2. The van der Waals surface area contributed by atoms with Crippen LogP contribution in [0.15, 0.2) is 54.7 Å². The van der Waals surface area contributed by atoms with E-state index in [1.165, 1.54) is 12.1 Å². The standard InChI is InChI=1S/C26H29FN2O3/c1-3-32-26(31)19-9-7-13-29(16-19)25(30)15-22(18-8-6-10-20(27)14-18)23-17-28(2)24-12-5-4-11-21(23)24/h4-6,8,10-12,14,17,19,22H,3,7,9,13,15-16H2,1-2H3/t19-,22-/m1/s1. The lowest BCUT2D eigenvalue weighted by molar-refractivity contribution is -0.151. The highest BCUT2D eigenvalue weighted by Crippen LogP contribution is 2.35. The van der Waals surface area contributed by atoms with Crippen LogP contribution in [0.25, 0.3) is 10.9 Å². The van der Waals surface area contributed by atoms with Crippen LogP contribution in [0.4, 0.5) is 4.39 Å². The van der Waals surface area contributed by atoms with Crippen LogP contribution < -0.4 is 0 Å². The highest BCUT2D eigenvalue weighted by atomic mass is 19.1. The van der Waals surface area contributed by atoms with Crippen molar-refractivity contribution >= 4 is 22.8 Å². The highest BCUT2D eigenvalue weighted by Gasteiger charge is 2.31. The minimum atomic E-state index is -0.319. The van der Waals surface area contributed by atoms with Crippen LogP contribution >= 0.6 is 0 Å². The molecule has 0 bridgehead atoms. The van der Waals surface area contributed by atoms with E-state index in [0.29, 0.717) is 19.7 Å². The van der Waals surface area contributed by atoms with Gasteiger partial charge in [-0.3, -0.25) is 9.59 Å². The minimum Gasteiger partial charge on any atom is -0.466 e. The zero-order chi connectivity index (χ0) is 22.7. The molecule has 32 heavy (non-hydrogen) atoms. The lowest BCUT2D eigenvalue weighted by atomic mass is 9.87. The number of hydrogen-bond donors (Lipinski definition) is 0. The summed E-state index contributed by atoms with van der Waals surface area (Å²) in [6.45, 7) is 3.13. The molecule has 1 amide bonds. The van der Waals surface area contributed by atoms with Crippen LogP contribution in [0.5, 0.6) is 0 Å². The average molecular weight is 437 g/mol. The zero-order valence-corrected chi connectivity index (χ0v) is 18.6. The predicted octanol–water partition coefficient (Wildman–Crippen LogP) is 4.64. The molecule has 0 spiro atoms. The number of para-hydroxylation sites is 1. The molecule has 6 heteroatoms. The average Bonchev–Trinajstić information content (AvgIpc) is 3.14. The quantitative estimate of drug-likeness (QED) is 0.529. The lowest BCUT2D eigenvalue weighted by Gasteiger charge is -2.32. The Kier molecular flexibility index (Phi) is 6.58. The molecule has 1 aliphatic rings. The first-order valence-electron chi connectivity index (χ1n) is 11.2. The first-order valence-corrected chi connectivity index (χ1v) is 11.2. The molecule has 1 saturated heterocycles. The van der Waals surface area contributed by atoms with E-state index in [9.17, 15) is 14.0 Å². The van der Waals surface area contributed by atoms with Gasteiger partial charge in [0, 0.05) is 49.6 Å². The van der Waals surface area contributed by atoms with Gasteiger partial charge >= 0.3 is 5.97 Å². The summed E-state index contributed by atoms with van der Waals surface area (Å²) in [5.41, 5.74) is 2.84. The number of halogens is 1. The summed E-state index contributed by atoms with van der Waals surface area (Å²) in [5.74, 6) is -1.15. The topological polar surface area (TPSA) is 51.5 Å². The maximum absolute atomic E-state index is 14.1. The number of carbonyl (C=O) groups excluding carboxylic acids is 2. The number of hydrogen-bond acceptors (Lipinski definition) is 3. The molecule has 0 unspecified atom stereocenters. The molecule has 1 aromatic heterocycles. The van der Waals surface area contributed by atoms with Crippen LogP contribution in [0, 0.1) is 11.7 Å². The van der Waals surface area contributed by atoms with Gasteiger partial charge < -0.3 is 14.2 Å². The van der Waals surface area contributed by atoms with Gasteiger partial charge in [-0.15, -0.1) is 0 Å². The normalized spacial score (nSPS) is 17.3. The lowest BCUT2D eigenvalue weighted by Crippen LogP contribution is -2.43. The SMILES string of the molecule is CCOC(=O)[C@@H]1CCCN(C(=O)C[C@H](c2cccc(F)c2)c2cn(C)c3ccccc23)C1. The summed E-state index contributed by atoms with van der Waals surface area (Å²) in [6.07, 6.45) is 3.76. The van der Waals surface area contributed by atoms with Gasteiger partial charge in [0.05, 0.1) is 12.5 Å². The number of aromatic nitrogens is 1. The van der Waals surface area contributed by atoms with E-state index < -0.39 is 0 Å². The van der Waals surface area contributed by atoms with E-state index in [1.807, 2.05) is 48.1 Å². The van der Waals surface area contributed by atoms with Gasteiger partial charge in [0.2, 0.25) is 5.91 Å². The highest BCUT2D eigenvalue weighted by molar-refractivity contribution is 5.87. The molecule has 1 aliphatic heterocycles. The van der Waals surface area contributed by atoms with Crippen molar-refractivity contribution in [1.29, 1.82) is 0 Å². The van der Waals surface area contributed by atoms with Crippen molar-refractivity contribution in [2.24, 2.45) is 13.0 Å². The van der Waals surface area contributed by atoms with E-state index in [4.69, 9.17) is 4.74 Å². The third-order valence-electron chi connectivity index (χ3n) is 6.33. The molecule has 0 aliphatic carbocycles. The second-order valence-corrected chi connectivity index (χ2v) is 8.46. The molecule has 3 aromatic rings. The van der Waals surface area contributed by atoms with E-state index in [1.54, 1.807) is 17.9 Å². The number of aryl methyl sites for hydroxylation is 1. The molecular weight excluding hydrogens is 407 g/mol. The molecule has 168 valence electrons. The number of esters is 1. The van der Waals surface area contributed by atoms with Gasteiger partial charge in [0.1, 0.15) is 5.82 Å². The van der Waals surface area contributed by atoms with Crippen molar-refractivity contribution in [2.45, 2.75) is 32.1 Å². The molecule has 0 N–H and O–H groups in total. The van der Waals surface area contributed by atoms with Crippen molar-refractivity contribution in [2.75, 3.05) is 19.7 Å². The molecule has 4 rings (SSSR count). The molecule has 0 saturated carbocycles. The van der Waals surface area contributed by atoms with Crippen LogP contribution in [0.2, 0.25) is 0 Å². The summed E-state index contributed by atoms with van der Waals surface area (Å²) < 4.78 is 21.3. The number of piperidine rings is 1. The summed E-state index contributed by atoms with van der Waals surface area (Å²) in [5, 5.41) is 1.06. The molecule has 0 radical (unpaired) electrons. The molecule has 1 fully saturated rings. The van der Waals surface area contributed by atoms with Crippen LogP contribution in [0.3, 0.4) is 0 Å². The Morgan fingerprint density at radius 3 is 2.78 bits per heavy atom. The molecular formula is C26H29FN2O3. The van der Waals surface area contributed by atoms with Crippen LogP contribution in [0.1, 0.15) is 43.2 Å². The van der Waals surface area contributed by atoms with Gasteiger partial charge in [-0.25, -0.2) is 4.39 Å². The van der Waals surface area contributed by atoms with Gasteiger partial charge in [-0.2, -0.15) is 0 Å². The second-order valence-electron chi connectivity index (χ2n) is 8.46. The number of likely N-dealkylation sites (tertiary alicyclic amines) is 1. The zero-order valence-electron chi connectivity index (χ0n) is 18.6. The Morgan fingerprint density at radius 2 is 2.00 bits per heavy atom. The smallest absolute Gasteiger partial charge is 0.310 e. The molecule has 2 heterocycles. The van der Waals surface area contributed by atoms with E-state index in [0.717, 1.165) is 34.9 Å². The fourth-order valence-corrected chi connectivity index (χ4v) is 4.74. The van der Waals surface area contributed by atoms with Crippen LogP contribution in [-0.4, -0.2) is 41.0 Å². The fourth-order valence-electron chi connectivity index (χ4n) is 4.74. The van der Waals surface area contributed by atoms with Gasteiger partial charge in [-0.05, 0) is 49.1 Å². The van der Waals surface area contributed by atoms with Crippen molar-refractivity contribution in [3.05, 3.63) is 71.7 Å². The number of ether oxygens (including phenoxy) is 1. The third-order valence-corrected chi connectivity index (χ3v) is 6.33. The third kappa shape index (κ3) is 4.54. The number of benzene rings is 2. The van der Waals surface area contributed by atoms with E-state index >= 15 is 0 Å². The number of carbonyl (C=O) groups is 2. The Labute approximate surface area is 187 Å². The number of rotatable bonds is 6. The Morgan fingerprint density at radius 1 is 1.19 bits per heavy atom. The maximum atomic E-state index is 14.1. The Hall–Kier alpha value is -3.15. The molecule has 2 aromatic carbocycles. The van der Waals surface area contributed by atoms with Crippen molar-refractivity contribution in [3.63, 3.8) is 0 Å².